The zero-order chi connectivity index (χ0) is 26.8. The van der Waals surface area contributed by atoms with Crippen LogP contribution < -0.4 is 0 Å². The molecule has 200 valence electrons. The van der Waals surface area contributed by atoms with E-state index in [-0.39, 0.29) is 36.9 Å². The molecule has 2 aromatic carbocycles. The Morgan fingerprint density at radius 2 is 1.27 bits per heavy atom. The Balaban J connectivity index is 1.89. The first-order valence-corrected chi connectivity index (χ1v) is 13.7. The van der Waals surface area contributed by atoms with Gasteiger partial charge in [-0.1, -0.05) is 36.4 Å². The Labute approximate surface area is 215 Å². The van der Waals surface area contributed by atoms with Gasteiger partial charge in [0.1, 0.15) is 6.10 Å². The van der Waals surface area contributed by atoms with E-state index in [0.717, 1.165) is 0 Å². The summed E-state index contributed by atoms with van der Waals surface area (Å²) in [6.45, 7) is 4.90. The van der Waals surface area contributed by atoms with Crippen LogP contribution in [-0.2, 0) is 37.4 Å². The topological polar surface area (TPSA) is 124 Å². The monoisotopic (exact) mass is 534 g/mol. The highest BCUT2D eigenvalue weighted by molar-refractivity contribution is 7.53. The summed E-state index contributed by atoms with van der Waals surface area (Å²) in [5.74, 6) is -2.10. The van der Waals surface area contributed by atoms with E-state index in [4.69, 9.17) is 28.0 Å². The van der Waals surface area contributed by atoms with Crippen molar-refractivity contribution in [3.63, 3.8) is 0 Å². The van der Waals surface area contributed by atoms with Gasteiger partial charge in [0.05, 0.1) is 30.5 Å². The van der Waals surface area contributed by atoms with Crippen molar-refractivity contribution in [2.75, 3.05) is 19.4 Å². The third-order valence-corrected chi connectivity index (χ3v) is 7.50. The van der Waals surface area contributed by atoms with Gasteiger partial charge in [0.25, 0.3) is 0 Å². The van der Waals surface area contributed by atoms with Crippen LogP contribution in [0.2, 0.25) is 0 Å². The highest BCUT2D eigenvalue weighted by Gasteiger charge is 2.52. The minimum Gasteiger partial charge on any atom is -0.452 e. The predicted octanol–water partition coefficient (Wildman–Crippen LogP) is 4.38. The fourth-order valence-electron chi connectivity index (χ4n) is 3.83. The summed E-state index contributed by atoms with van der Waals surface area (Å²) < 4.78 is 46.3. The van der Waals surface area contributed by atoms with Crippen LogP contribution in [0.15, 0.2) is 60.7 Å². The lowest BCUT2D eigenvalue weighted by Gasteiger charge is -2.24. The van der Waals surface area contributed by atoms with Gasteiger partial charge in [0.15, 0.2) is 6.10 Å². The van der Waals surface area contributed by atoms with Crippen LogP contribution in [0.4, 0.5) is 0 Å². The number of esters is 3. The van der Waals surface area contributed by atoms with E-state index >= 15 is 0 Å². The molecular formula is C26H31O10P. The van der Waals surface area contributed by atoms with Crippen molar-refractivity contribution in [2.24, 2.45) is 0 Å². The summed E-state index contributed by atoms with van der Waals surface area (Å²) in [5, 5.41) is 0. The smallest absolute Gasteiger partial charge is 0.338 e. The van der Waals surface area contributed by atoms with Gasteiger partial charge in [-0.15, -0.1) is 0 Å². The first-order valence-electron chi connectivity index (χ1n) is 12.0. The van der Waals surface area contributed by atoms with Crippen LogP contribution >= 0.6 is 7.60 Å². The number of carbonyl (C=O) groups is 3. The molecule has 1 fully saturated rings. The minimum atomic E-state index is -3.47. The molecule has 11 heteroatoms. The summed E-state index contributed by atoms with van der Waals surface area (Å²) in [6.07, 6.45) is -4.79. The number of benzene rings is 2. The van der Waals surface area contributed by atoms with Crippen molar-refractivity contribution in [1.29, 1.82) is 0 Å². The summed E-state index contributed by atoms with van der Waals surface area (Å²) in [6, 6.07) is 16.4. The lowest BCUT2D eigenvalue weighted by Crippen LogP contribution is -2.41. The molecule has 0 bridgehead atoms. The van der Waals surface area contributed by atoms with Crippen molar-refractivity contribution >= 4 is 25.5 Å². The number of hydrogen-bond donors (Lipinski definition) is 0. The summed E-state index contributed by atoms with van der Waals surface area (Å²) in [4.78, 5) is 37.6. The van der Waals surface area contributed by atoms with Crippen LogP contribution in [0, 0.1) is 0 Å². The molecule has 2 aromatic rings. The van der Waals surface area contributed by atoms with Crippen molar-refractivity contribution in [3.8, 4) is 0 Å². The molecule has 1 heterocycles. The Kier molecular flexibility index (Phi) is 10.4. The van der Waals surface area contributed by atoms with Gasteiger partial charge in [0.2, 0.25) is 12.4 Å². The first kappa shape index (κ1) is 28.5. The molecule has 37 heavy (non-hydrogen) atoms. The Hall–Kier alpha value is -3.04. The van der Waals surface area contributed by atoms with Crippen molar-refractivity contribution in [2.45, 2.75) is 51.8 Å². The highest BCUT2D eigenvalue weighted by Crippen LogP contribution is 2.49. The first-order chi connectivity index (χ1) is 17.8. The molecule has 10 nitrogen and oxygen atoms in total. The molecular weight excluding hydrogens is 503 g/mol. The zero-order valence-electron chi connectivity index (χ0n) is 20.9. The van der Waals surface area contributed by atoms with E-state index in [0.29, 0.717) is 0 Å². The van der Waals surface area contributed by atoms with E-state index in [1.54, 1.807) is 74.5 Å². The van der Waals surface area contributed by atoms with Crippen LogP contribution in [0.1, 0.15) is 47.9 Å². The van der Waals surface area contributed by atoms with Gasteiger partial charge in [-0.25, -0.2) is 9.59 Å². The highest BCUT2D eigenvalue weighted by atomic mass is 31.2. The average Bonchev–Trinajstić information content (AvgIpc) is 3.19. The van der Waals surface area contributed by atoms with Crippen LogP contribution in [-0.4, -0.2) is 61.9 Å². The number of ether oxygens (including phenoxy) is 4. The second kappa shape index (κ2) is 13.5. The number of carbonyl (C=O) groups excluding carboxylic acids is 3. The molecule has 1 aliphatic heterocycles. The van der Waals surface area contributed by atoms with E-state index < -0.39 is 50.1 Å². The van der Waals surface area contributed by atoms with Crippen molar-refractivity contribution in [3.05, 3.63) is 71.8 Å². The van der Waals surface area contributed by atoms with Gasteiger partial charge in [-0.3, -0.25) is 9.36 Å². The minimum absolute atomic E-state index is 0.0428. The third kappa shape index (κ3) is 7.97. The Bertz CT molecular complexity index is 1080. The second-order valence-corrected chi connectivity index (χ2v) is 10.3. The fourth-order valence-corrected chi connectivity index (χ4v) is 5.52. The normalized spacial score (nSPS) is 21.3. The summed E-state index contributed by atoms with van der Waals surface area (Å²) >= 11 is 0. The van der Waals surface area contributed by atoms with Crippen LogP contribution in [0.25, 0.3) is 0 Å². The lowest BCUT2D eigenvalue weighted by molar-refractivity contribution is -0.186. The van der Waals surface area contributed by atoms with E-state index in [1.807, 2.05) is 0 Å². The molecule has 0 aromatic heterocycles. The zero-order valence-corrected chi connectivity index (χ0v) is 21.8. The molecule has 0 amide bonds. The SMILES string of the molecule is CCOP(=O)(CCC1OC(OC(C)=O)C(OC(=O)c2ccccc2)C1OC(=O)c1ccccc1)OCC. The maximum atomic E-state index is 13.0. The largest absolute Gasteiger partial charge is 0.452 e. The van der Waals surface area contributed by atoms with Gasteiger partial charge in [-0.2, -0.15) is 0 Å². The maximum absolute atomic E-state index is 13.0. The van der Waals surface area contributed by atoms with Crippen LogP contribution in [0.5, 0.6) is 0 Å². The lowest BCUT2D eigenvalue weighted by atomic mass is 10.1. The van der Waals surface area contributed by atoms with E-state index in [2.05, 4.69) is 0 Å². The molecule has 1 saturated heterocycles. The molecule has 0 radical (unpaired) electrons. The molecule has 0 saturated carbocycles. The predicted molar refractivity (Wildman–Crippen MR) is 132 cm³/mol. The number of rotatable bonds is 12. The standard InChI is InChI=1S/C26H31O10P/c1-4-31-37(30,32-5-2)17-16-21-22(35-24(28)19-12-8-6-9-13-19)23(26(34-21)33-18(3)27)36-25(29)20-14-10-7-11-15-20/h6-15,21-23,26H,4-5,16-17H2,1-3H3. The third-order valence-electron chi connectivity index (χ3n) is 5.39. The Morgan fingerprint density at radius 3 is 1.73 bits per heavy atom. The molecule has 3 rings (SSSR count). The van der Waals surface area contributed by atoms with Gasteiger partial charge in [-0.05, 0) is 44.5 Å². The fraction of sp³-hybridized carbons (Fsp3) is 0.423. The van der Waals surface area contributed by atoms with E-state index in [1.165, 1.54) is 6.92 Å². The average molecular weight is 534 g/mol. The quantitative estimate of drug-likeness (QED) is 0.220. The van der Waals surface area contributed by atoms with Crippen molar-refractivity contribution < 1.29 is 46.9 Å². The number of hydrogen-bond acceptors (Lipinski definition) is 10. The summed E-state index contributed by atoms with van der Waals surface area (Å²) in [7, 11) is -3.47. The van der Waals surface area contributed by atoms with Gasteiger partial charge < -0.3 is 28.0 Å². The molecule has 1 aliphatic rings. The second-order valence-electron chi connectivity index (χ2n) is 8.08. The molecule has 0 spiro atoms. The van der Waals surface area contributed by atoms with E-state index in [9.17, 15) is 18.9 Å². The molecule has 4 unspecified atom stereocenters. The summed E-state index contributed by atoms with van der Waals surface area (Å²) in [5.41, 5.74) is 0.512. The molecule has 0 N–H and O–H groups in total. The molecule has 0 aliphatic carbocycles. The molecule has 4 atom stereocenters. The van der Waals surface area contributed by atoms with Crippen molar-refractivity contribution in [1.82, 2.24) is 0 Å². The Morgan fingerprint density at radius 1 is 0.784 bits per heavy atom. The van der Waals surface area contributed by atoms with Gasteiger partial charge >= 0.3 is 25.5 Å². The van der Waals surface area contributed by atoms with Gasteiger partial charge in [0, 0.05) is 6.92 Å². The van der Waals surface area contributed by atoms with Crippen LogP contribution in [0.3, 0.4) is 0 Å². The maximum Gasteiger partial charge on any atom is 0.338 e.